The second kappa shape index (κ2) is 9.23. The molecular formula is C25H22ClNO4. The van der Waals surface area contributed by atoms with Crippen molar-refractivity contribution in [1.82, 2.24) is 5.32 Å². The number of nitrogens with one attached hydrogen (secondary N) is 1. The number of amides is 1. The lowest BCUT2D eigenvalue weighted by molar-refractivity contribution is -0.137. The van der Waals surface area contributed by atoms with Gasteiger partial charge in [-0.15, -0.1) is 0 Å². The van der Waals surface area contributed by atoms with Gasteiger partial charge in [0.25, 0.3) is 0 Å². The van der Waals surface area contributed by atoms with E-state index in [9.17, 15) is 9.59 Å². The van der Waals surface area contributed by atoms with Crippen molar-refractivity contribution in [2.24, 2.45) is 0 Å². The maximum Gasteiger partial charge on any atom is 0.407 e. The number of carbonyl (C=O) groups is 2. The Hall–Kier alpha value is -3.31. The maximum absolute atomic E-state index is 12.6. The van der Waals surface area contributed by atoms with Crippen LogP contribution in [0.25, 0.3) is 11.1 Å². The summed E-state index contributed by atoms with van der Waals surface area (Å²) in [5, 5.41) is 12.4. The predicted octanol–water partition coefficient (Wildman–Crippen LogP) is 5.78. The molecule has 1 unspecified atom stereocenters. The van der Waals surface area contributed by atoms with E-state index >= 15 is 0 Å². The summed E-state index contributed by atoms with van der Waals surface area (Å²) in [6, 6.07) is 22.8. The first-order valence-electron chi connectivity index (χ1n) is 10.1. The van der Waals surface area contributed by atoms with E-state index in [2.05, 4.69) is 29.6 Å². The Bertz CT molecular complexity index is 1070. The lowest BCUT2D eigenvalue weighted by atomic mass is 9.98. The van der Waals surface area contributed by atoms with E-state index in [1.807, 2.05) is 30.3 Å². The molecule has 0 spiro atoms. The summed E-state index contributed by atoms with van der Waals surface area (Å²) >= 11 is 6.07. The number of alkyl carbamates (subject to hydrolysis) is 1. The SMILES string of the molecule is O=C(O)CCC(NC(=O)OCC1c2ccccc2-c2ccccc21)c1cccc(Cl)c1. The third-order valence-corrected chi connectivity index (χ3v) is 5.77. The van der Waals surface area contributed by atoms with Crippen LogP contribution in [-0.4, -0.2) is 23.8 Å². The third kappa shape index (κ3) is 4.72. The minimum absolute atomic E-state index is 0.0400. The van der Waals surface area contributed by atoms with Gasteiger partial charge in [0.15, 0.2) is 0 Å². The van der Waals surface area contributed by atoms with Crippen LogP contribution in [-0.2, 0) is 9.53 Å². The van der Waals surface area contributed by atoms with Crippen LogP contribution in [0.2, 0.25) is 5.02 Å². The lowest BCUT2D eigenvalue weighted by Gasteiger charge is -2.20. The molecule has 4 rings (SSSR count). The minimum Gasteiger partial charge on any atom is -0.481 e. The van der Waals surface area contributed by atoms with Gasteiger partial charge in [-0.3, -0.25) is 4.79 Å². The largest absolute Gasteiger partial charge is 0.481 e. The third-order valence-electron chi connectivity index (χ3n) is 5.53. The molecule has 1 aliphatic carbocycles. The molecule has 31 heavy (non-hydrogen) atoms. The van der Waals surface area contributed by atoms with Crippen LogP contribution >= 0.6 is 11.6 Å². The number of carbonyl (C=O) groups excluding carboxylic acids is 1. The number of carboxylic acid groups (broad SMARTS) is 1. The van der Waals surface area contributed by atoms with E-state index in [-0.39, 0.29) is 25.4 Å². The highest BCUT2D eigenvalue weighted by molar-refractivity contribution is 6.30. The molecule has 1 atom stereocenters. The number of ether oxygens (including phenoxy) is 1. The summed E-state index contributed by atoms with van der Waals surface area (Å²) < 4.78 is 5.60. The quantitative estimate of drug-likeness (QED) is 0.493. The standard InChI is InChI=1S/C25H22ClNO4/c26-17-7-5-6-16(14-17)23(12-13-24(28)29)27-25(30)31-15-22-20-10-3-1-8-18(20)19-9-2-4-11-21(19)22/h1-11,14,22-23H,12-13,15H2,(H,27,30)(H,28,29). The number of rotatable bonds is 7. The molecule has 158 valence electrons. The van der Waals surface area contributed by atoms with Crippen molar-refractivity contribution in [2.75, 3.05) is 6.61 Å². The normalized spacial score (nSPS) is 13.2. The topological polar surface area (TPSA) is 75.6 Å². The van der Waals surface area contributed by atoms with E-state index in [1.165, 1.54) is 0 Å². The zero-order valence-corrected chi connectivity index (χ0v) is 17.5. The van der Waals surface area contributed by atoms with Gasteiger partial charge in [0.1, 0.15) is 6.61 Å². The molecule has 0 radical (unpaired) electrons. The maximum atomic E-state index is 12.6. The summed E-state index contributed by atoms with van der Waals surface area (Å²) in [6.45, 7) is 0.195. The first-order valence-corrected chi connectivity index (χ1v) is 10.5. The average Bonchev–Trinajstić information content (AvgIpc) is 3.09. The molecule has 0 aromatic heterocycles. The molecule has 0 heterocycles. The Kier molecular flexibility index (Phi) is 6.23. The molecule has 1 amide bonds. The van der Waals surface area contributed by atoms with Gasteiger partial charge in [-0.05, 0) is 46.4 Å². The molecular weight excluding hydrogens is 414 g/mol. The molecule has 2 N–H and O–H groups in total. The summed E-state index contributed by atoms with van der Waals surface area (Å²) in [5.41, 5.74) is 5.32. The Morgan fingerprint density at radius 1 is 0.968 bits per heavy atom. The zero-order valence-electron chi connectivity index (χ0n) is 16.8. The highest BCUT2D eigenvalue weighted by Gasteiger charge is 2.29. The second-order valence-electron chi connectivity index (χ2n) is 7.51. The van der Waals surface area contributed by atoms with Crippen LogP contribution in [0.15, 0.2) is 72.8 Å². The van der Waals surface area contributed by atoms with E-state index < -0.39 is 18.1 Å². The summed E-state index contributed by atoms with van der Waals surface area (Å²) in [5.74, 6) is -0.969. The van der Waals surface area contributed by atoms with Crippen LogP contribution in [0.4, 0.5) is 4.79 Å². The number of fused-ring (bicyclic) bond motifs is 3. The summed E-state index contributed by atoms with van der Waals surface area (Å²) in [6.07, 6.45) is -0.432. The average molecular weight is 436 g/mol. The van der Waals surface area contributed by atoms with Crippen LogP contribution < -0.4 is 5.32 Å². The van der Waals surface area contributed by atoms with Gasteiger partial charge >= 0.3 is 12.1 Å². The molecule has 0 saturated carbocycles. The number of halogens is 1. The Balaban J connectivity index is 1.47. The van der Waals surface area contributed by atoms with E-state index in [1.54, 1.807) is 18.2 Å². The second-order valence-corrected chi connectivity index (χ2v) is 7.95. The van der Waals surface area contributed by atoms with Gasteiger partial charge in [-0.1, -0.05) is 72.3 Å². The Labute approximate surface area is 185 Å². The molecule has 0 fully saturated rings. The number of aliphatic carboxylic acids is 1. The van der Waals surface area contributed by atoms with Gasteiger partial charge in [0.2, 0.25) is 0 Å². The minimum atomic E-state index is -0.929. The highest BCUT2D eigenvalue weighted by Crippen LogP contribution is 2.44. The van der Waals surface area contributed by atoms with Crippen molar-refractivity contribution >= 4 is 23.7 Å². The van der Waals surface area contributed by atoms with Gasteiger partial charge in [0, 0.05) is 17.4 Å². The number of benzene rings is 3. The summed E-state index contributed by atoms with van der Waals surface area (Å²) in [4.78, 5) is 23.7. The highest BCUT2D eigenvalue weighted by atomic mass is 35.5. The smallest absolute Gasteiger partial charge is 0.407 e. The van der Waals surface area contributed by atoms with Crippen molar-refractivity contribution in [3.63, 3.8) is 0 Å². The fourth-order valence-electron chi connectivity index (χ4n) is 4.10. The molecule has 1 aliphatic rings. The van der Waals surface area contributed by atoms with Gasteiger partial charge in [-0.2, -0.15) is 0 Å². The van der Waals surface area contributed by atoms with Crippen LogP contribution in [0, 0.1) is 0 Å². The Morgan fingerprint density at radius 2 is 1.61 bits per heavy atom. The van der Waals surface area contributed by atoms with Crippen molar-refractivity contribution in [2.45, 2.75) is 24.8 Å². The van der Waals surface area contributed by atoms with Crippen LogP contribution in [0.5, 0.6) is 0 Å². The fraction of sp³-hybridized carbons (Fsp3) is 0.200. The number of hydrogen-bond acceptors (Lipinski definition) is 3. The molecule has 3 aromatic carbocycles. The van der Waals surface area contributed by atoms with E-state index in [0.717, 1.165) is 27.8 Å². The first-order chi connectivity index (χ1) is 15.0. The van der Waals surface area contributed by atoms with Crippen molar-refractivity contribution < 1.29 is 19.4 Å². The fourth-order valence-corrected chi connectivity index (χ4v) is 4.29. The number of hydrogen-bond donors (Lipinski definition) is 2. The molecule has 3 aromatic rings. The molecule has 0 aliphatic heterocycles. The van der Waals surface area contributed by atoms with Crippen molar-refractivity contribution in [1.29, 1.82) is 0 Å². The van der Waals surface area contributed by atoms with Gasteiger partial charge in [0.05, 0.1) is 6.04 Å². The number of carboxylic acids is 1. The Morgan fingerprint density at radius 3 is 2.23 bits per heavy atom. The molecule has 5 nitrogen and oxygen atoms in total. The van der Waals surface area contributed by atoms with Crippen molar-refractivity contribution in [3.8, 4) is 11.1 Å². The first kappa shape index (κ1) is 20.9. The van der Waals surface area contributed by atoms with Gasteiger partial charge < -0.3 is 15.2 Å². The van der Waals surface area contributed by atoms with Crippen LogP contribution in [0.3, 0.4) is 0 Å². The molecule has 0 saturated heterocycles. The zero-order chi connectivity index (χ0) is 21.8. The molecule has 0 bridgehead atoms. The molecule has 6 heteroatoms. The predicted molar refractivity (Wildman–Crippen MR) is 119 cm³/mol. The van der Waals surface area contributed by atoms with E-state index in [4.69, 9.17) is 21.4 Å². The van der Waals surface area contributed by atoms with Crippen LogP contribution in [0.1, 0.15) is 41.5 Å². The lowest BCUT2D eigenvalue weighted by Crippen LogP contribution is -2.30. The monoisotopic (exact) mass is 435 g/mol. The van der Waals surface area contributed by atoms with Crippen molar-refractivity contribution in [3.05, 3.63) is 94.5 Å². The van der Waals surface area contributed by atoms with E-state index in [0.29, 0.717) is 5.02 Å². The van der Waals surface area contributed by atoms with Gasteiger partial charge in [-0.25, -0.2) is 4.79 Å². The summed E-state index contributed by atoms with van der Waals surface area (Å²) in [7, 11) is 0.